The molecule has 3 heteroatoms. The van der Waals surface area contributed by atoms with Crippen molar-refractivity contribution < 1.29 is 14.6 Å². The molecule has 2 atom stereocenters. The maximum absolute atomic E-state index is 11.7. The highest BCUT2D eigenvalue weighted by Gasteiger charge is 2.44. The van der Waals surface area contributed by atoms with Gasteiger partial charge in [-0.05, 0) is 55.7 Å². The molecule has 2 rings (SSSR count). The molecule has 0 amide bonds. The van der Waals surface area contributed by atoms with E-state index in [0.717, 1.165) is 44.3 Å². The molecule has 110 valence electrons. The predicted molar refractivity (Wildman–Crippen MR) is 79.0 cm³/mol. The fraction of sp³-hybridized carbons (Fsp3) is 0.588. The summed E-state index contributed by atoms with van der Waals surface area (Å²) in [6.07, 6.45) is 5.40. The highest BCUT2D eigenvalue weighted by Crippen LogP contribution is 2.46. The number of methoxy groups -OCH3 is 1. The number of carboxylic acids is 1. The van der Waals surface area contributed by atoms with Crippen LogP contribution >= 0.6 is 0 Å². The van der Waals surface area contributed by atoms with Crippen LogP contribution in [0.15, 0.2) is 24.3 Å². The number of hydrogen-bond donors (Lipinski definition) is 1. The molecule has 1 saturated carbocycles. The average Bonchev–Trinajstić information content (AvgIpc) is 2.91. The van der Waals surface area contributed by atoms with Gasteiger partial charge >= 0.3 is 5.97 Å². The summed E-state index contributed by atoms with van der Waals surface area (Å²) in [7, 11) is 1.65. The summed E-state index contributed by atoms with van der Waals surface area (Å²) >= 11 is 0. The topological polar surface area (TPSA) is 46.5 Å². The van der Waals surface area contributed by atoms with Crippen molar-refractivity contribution in [3.8, 4) is 5.75 Å². The van der Waals surface area contributed by atoms with Crippen LogP contribution in [0.1, 0.15) is 44.6 Å². The Morgan fingerprint density at radius 2 is 2.10 bits per heavy atom. The van der Waals surface area contributed by atoms with Gasteiger partial charge in [0.2, 0.25) is 0 Å². The van der Waals surface area contributed by atoms with Gasteiger partial charge in [-0.1, -0.05) is 25.5 Å². The van der Waals surface area contributed by atoms with Gasteiger partial charge in [-0.2, -0.15) is 0 Å². The first kappa shape index (κ1) is 14.9. The molecule has 1 aliphatic rings. The zero-order valence-corrected chi connectivity index (χ0v) is 12.4. The highest BCUT2D eigenvalue weighted by atomic mass is 16.5. The molecule has 0 heterocycles. The van der Waals surface area contributed by atoms with Crippen LogP contribution in [-0.2, 0) is 11.2 Å². The van der Waals surface area contributed by atoms with E-state index in [-0.39, 0.29) is 0 Å². The van der Waals surface area contributed by atoms with Crippen LogP contribution in [0.25, 0.3) is 0 Å². The van der Waals surface area contributed by atoms with Crippen molar-refractivity contribution in [1.29, 1.82) is 0 Å². The second kappa shape index (κ2) is 6.29. The first-order valence-electron chi connectivity index (χ1n) is 7.46. The Hall–Kier alpha value is -1.51. The fourth-order valence-corrected chi connectivity index (χ4v) is 3.29. The lowest BCUT2D eigenvalue weighted by molar-refractivity contribution is -0.149. The molecule has 1 aliphatic carbocycles. The quantitative estimate of drug-likeness (QED) is 0.857. The monoisotopic (exact) mass is 276 g/mol. The van der Waals surface area contributed by atoms with Gasteiger partial charge in [0.05, 0.1) is 12.5 Å². The van der Waals surface area contributed by atoms with Crippen LogP contribution in [0.5, 0.6) is 5.75 Å². The van der Waals surface area contributed by atoms with Gasteiger partial charge in [0.25, 0.3) is 0 Å². The minimum Gasteiger partial charge on any atom is -0.497 e. The predicted octanol–water partition coefficient (Wildman–Crippen LogP) is 3.91. The minimum absolute atomic E-state index is 0.499. The van der Waals surface area contributed by atoms with Crippen LogP contribution in [0.3, 0.4) is 0 Å². The van der Waals surface area contributed by atoms with Crippen molar-refractivity contribution in [3.63, 3.8) is 0 Å². The van der Waals surface area contributed by atoms with Crippen molar-refractivity contribution in [2.75, 3.05) is 7.11 Å². The van der Waals surface area contributed by atoms with Crippen LogP contribution < -0.4 is 4.74 Å². The van der Waals surface area contributed by atoms with E-state index < -0.39 is 11.4 Å². The van der Waals surface area contributed by atoms with Crippen LogP contribution in [0, 0.1) is 11.3 Å². The summed E-state index contributed by atoms with van der Waals surface area (Å²) in [5, 5.41) is 9.62. The molecule has 0 saturated heterocycles. The number of hydrogen-bond acceptors (Lipinski definition) is 2. The van der Waals surface area contributed by atoms with Gasteiger partial charge in [0.15, 0.2) is 0 Å². The minimum atomic E-state index is -0.609. The zero-order valence-electron chi connectivity index (χ0n) is 12.4. The number of carbonyl (C=O) groups is 1. The molecule has 0 spiro atoms. The fourth-order valence-electron chi connectivity index (χ4n) is 3.29. The molecule has 1 aromatic rings. The molecule has 1 N–H and O–H groups in total. The summed E-state index contributed by atoms with van der Waals surface area (Å²) in [6.45, 7) is 2.16. The van der Waals surface area contributed by atoms with Gasteiger partial charge in [-0.3, -0.25) is 4.79 Å². The van der Waals surface area contributed by atoms with E-state index in [1.165, 1.54) is 5.56 Å². The molecule has 0 radical (unpaired) electrons. The standard InChI is InChI=1S/C17H24O3/c1-3-13-8-10-17(12-13,16(18)19)11-9-14-4-6-15(20-2)7-5-14/h4-7,13H,3,8-12H2,1-2H3,(H,18,19). The Labute approximate surface area is 121 Å². The number of benzene rings is 1. The largest absolute Gasteiger partial charge is 0.497 e. The van der Waals surface area contributed by atoms with Crippen molar-refractivity contribution in [2.24, 2.45) is 11.3 Å². The number of carboxylic acid groups (broad SMARTS) is 1. The lowest BCUT2D eigenvalue weighted by atomic mass is 9.79. The number of ether oxygens (including phenoxy) is 1. The van der Waals surface area contributed by atoms with E-state index in [1.54, 1.807) is 7.11 Å². The Bertz CT molecular complexity index is 452. The molecule has 3 nitrogen and oxygen atoms in total. The zero-order chi connectivity index (χ0) is 14.6. The Morgan fingerprint density at radius 1 is 1.40 bits per heavy atom. The molecule has 0 aromatic heterocycles. The van der Waals surface area contributed by atoms with Crippen LogP contribution in [0.4, 0.5) is 0 Å². The SMILES string of the molecule is CCC1CCC(CCc2ccc(OC)cc2)(C(=O)O)C1. The summed E-state index contributed by atoms with van der Waals surface area (Å²) < 4.78 is 5.14. The van der Waals surface area contributed by atoms with E-state index in [4.69, 9.17) is 4.74 Å². The first-order chi connectivity index (χ1) is 9.59. The van der Waals surface area contributed by atoms with E-state index in [2.05, 4.69) is 6.92 Å². The van der Waals surface area contributed by atoms with Gasteiger partial charge in [0.1, 0.15) is 5.75 Å². The molecule has 0 bridgehead atoms. The maximum atomic E-state index is 11.7. The Kier molecular flexibility index (Phi) is 4.69. The van der Waals surface area contributed by atoms with Crippen molar-refractivity contribution in [3.05, 3.63) is 29.8 Å². The number of aliphatic carboxylic acids is 1. The number of aryl methyl sites for hydroxylation is 1. The third kappa shape index (κ3) is 3.14. The van der Waals surface area contributed by atoms with E-state index in [1.807, 2.05) is 24.3 Å². The number of rotatable bonds is 6. The van der Waals surface area contributed by atoms with E-state index in [9.17, 15) is 9.90 Å². The molecule has 20 heavy (non-hydrogen) atoms. The van der Waals surface area contributed by atoms with E-state index >= 15 is 0 Å². The summed E-state index contributed by atoms with van der Waals surface area (Å²) in [6, 6.07) is 7.93. The van der Waals surface area contributed by atoms with Crippen molar-refractivity contribution >= 4 is 5.97 Å². The highest BCUT2D eigenvalue weighted by molar-refractivity contribution is 5.75. The molecule has 0 aliphatic heterocycles. The van der Waals surface area contributed by atoms with Crippen LogP contribution in [-0.4, -0.2) is 18.2 Å². The van der Waals surface area contributed by atoms with Crippen molar-refractivity contribution in [1.82, 2.24) is 0 Å². The van der Waals surface area contributed by atoms with Gasteiger partial charge in [-0.15, -0.1) is 0 Å². The summed E-state index contributed by atoms with van der Waals surface area (Å²) in [5.74, 6) is 0.817. The maximum Gasteiger partial charge on any atom is 0.309 e. The normalized spacial score (nSPS) is 25.6. The Morgan fingerprint density at radius 3 is 2.60 bits per heavy atom. The van der Waals surface area contributed by atoms with Crippen LogP contribution in [0.2, 0.25) is 0 Å². The molecule has 1 fully saturated rings. The van der Waals surface area contributed by atoms with Gasteiger partial charge < -0.3 is 9.84 Å². The summed E-state index contributed by atoms with van der Waals surface area (Å²) in [5.41, 5.74) is 0.687. The smallest absolute Gasteiger partial charge is 0.309 e. The lowest BCUT2D eigenvalue weighted by Crippen LogP contribution is -2.29. The third-order valence-corrected chi connectivity index (χ3v) is 4.79. The second-order valence-corrected chi connectivity index (χ2v) is 5.95. The van der Waals surface area contributed by atoms with E-state index in [0.29, 0.717) is 5.92 Å². The lowest BCUT2D eigenvalue weighted by Gasteiger charge is -2.24. The molecular formula is C17H24O3. The third-order valence-electron chi connectivity index (χ3n) is 4.79. The molecule has 1 aromatic carbocycles. The first-order valence-corrected chi connectivity index (χ1v) is 7.46. The second-order valence-electron chi connectivity index (χ2n) is 5.95. The molecule has 2 unspecified atom stereocenters. The Balaban J connectivity index is 2.00. The van der Waals surface area contributed by atoms with Gasteiger partial charge in [-0.25, -0.2) is 0 Å². The average molecular weight is 276 g/mol. The molecular weight excluding hydrogens is 252 g/mol. The van der Waals surface area contributed by atoms with Gasteiger partial charge in [0, 0.05) is 0 Å². The van der Waals surface area contributed by atoms with Crippen molar-refractivity contribution in [2.45, 2.75) is 45.4 Å². The summed E-state index contributed by atoms with van der Waals surface area (Å²) in [4.78, 5) is 11.7.